The van der Waals surface area contributed by atoms with Crippen molar-refractivity contribution < 1.29 is 9.26 Å². The molecule has 1 aromatic carbocycles. The average Bonchev–Trinajstić information content (AvgIpc) is 2.79. The third-order valence-corrected chi connectivity index (χ3v) is 2.87. The van der Waals surface area contributed by atoms with Crippen molar-refractivity contribution in [1.82, 2.24) is 5.16 Å². The maximum Gasteiger partial charge on any atom is 0.314 e. The van der Waals surface area contributed by atoms with Crippen molar-refractivity contribution in [3.63, 3.8) is 0 Å². The van der Waals surface area contributed by atoms with Crippen LogP contribution >= 0.6 is 0 Å². The summed E-state index contributed by atoms with van der Waals surface area (Å²) < 4.78 is 10.3. The number of methoxy groups -OCH3 is 1. The Bertz CT molecular complexity index is 462. The molecule has 2 aromatic rings. The summed E-state index contributed by atoms with van der Waals surface area (Å²) in [6.45, 7) is 2.08. The van der Waals surface area contributed by atoms with E-state index in [0.29, 0.717) is 5.95 Å². The summed E-state index contributed by atoms with van der Waals surface area (Å²) in [6, 6.07) is 10.4. The molecule has 0 aliphatic heterocycles. The molecule has 0 atom stereocenters. The van der Waals surface area contributed by atoms with Crippen LogP contribution in [-0.4, -0.2) is 12.3 Å². The number of rotatable bonds is 5. The maximum absolute atomic E-state index is 5.15. The van der Waals surface area contributed by atoms with Gasteiger partial charge in [-0.05, 0) is 24.8 Å². The summed E-state index contributed by atoms with van der Waals surface area (Å²) >= 11 is 0. The van der Waals surface area contributed by atoms with E-state index < -0.39 is 0 Å². The molecule has 0 saturated heterocycles. The summed E-state index contributed by atoms with van der Waals surface area (Å²) in [6.07, 6.45) is 2.75. The van der Waals surface area contributed by atoms with E-state index >= 15 is 0 Å². The number of nitrogens with zero attached hydrogens (tertiary/aromatic N) is 1. The Hall–Kier alpha value is -1.77. The minimum Gasteiger partial charge on any atom is -0.467 e. The zero-order chi connectivity index (χ0) is 12.1. The Labute approximate surface area is 101 Å². The van der Waals surface area contributed by atoms with Gasteiger partial charge in [0.25, 0.3) is 0 Å². The van der Waals surface area contributed by atoms with E-state index in [4.69, 9.17) is 9.26 Å². The summed E-state index contributed by atoms with van der Waals surface area (Å²) in [5.41, 5.74) is 3.41. The number of hydrogen-bond acceptors (Lipinski definition) is 3. The van der Waals surface area contributed by atoms with E-state index in [1.807, 2.05) is 6.07 Å². The third-order valence-electron chi connectivity index (χ3n) is 2.87. The van der Waals surface area contributed by atoms with Gasteiger partial charge in [0.15, 0.2) is 0 Å². The van der Waals surface area contributed by atoms with Crippen molar-refractivity contribution in [2.45, 2.75) is 26.2 Å². The van der Waals surface area contributed by atoms with Crippen LogP contribution in [0.2, 0.25) is 0 Å². The maximum atomic E-state index is 5.15. The van der Waals surface area contributed by atoms with Gasteiger partial charge in [-0.3, -0.25) is 0 Å². The highest BCUT2D eigenvalue weighted by molar-refractivity contribution is 5.28. The van der Waals surface area contributed by atoms with Crippen LogP contribution in [-0.2, 0) is 19.3 Å². The quantitative estimate of drug-likeness (QED) is 0.793. The predicted molar refractivity (Wildman–Crippen MR) is 66.3 cm³/mol. The highest BCUT2D eigenvalue weighted by atomic mass is 16.6. The topological polar surface area (TPSA) is 35.3 Å². The molecule has 0 bridgehead atoms. The predicted octanol–water partition coefficient (Wildman–Crippen LogP) is 3.03. The second kappa shape index (κ2) is 5.53. The van der Waals surface area contributed by atoms with E-state index in [1.165, 1.54) is 5.56 Å². The van der Waals surface area contributed by atoms with Gasteiger partial charge in [-0.25, -0.2) is 0 Å². The van der Waals surface area contributed by atoms with Crippen molar-refractivity contribution in [3.05, 3.63) is 47.2 Å². The second-order valence-corrected chi connectivity index (χ2v) is 3.94. The monoisotopic (exact) mass is 231 g/mol. The Balaban J connectivity index is 2.06. The molecule has 0 N–H and O–H groups in total. The van der Waals surface area contributed by atoms with Gasteiger partial charge in [0.2, 0.25) is 0 Å². The zero-order valence-corrected chi connectivity index (χ0v) is 10.3. The SMILES string of the molecule is CCc1c(CCc2ccccc2)noc1OC. The lowest BCUT2D eigenvalue weighted by Crippen LogP contribution is -1.96. The van der Waals surface area contributed by atoms with Crippen LogP contribution < -0.4 is 4.74 Å². The lowest BCUT2D eigenvalue weighted by atomic mass is 10.1. The molecular weight excluding hydrogens is 214 g/mol. The first-order chi connectivity index (χ1) is 8.35. The van der Waals surface area contributed by atoms with Gasteiger partial charge >= 0.3 is 5.95 Å². The standard InChI is InChI=1S/C14H17NO2/c1-3-12-13(15-17-14(12)16-2)10-9-11-7-5-4-6-8-11/h4-8H,3,9-10H2,1-2H3. The zero-order valence-electron chi connectivity index (χ0n) is 10.3. The normalized spacial score (nSPS) is 10.5. The van der Waals surface area contributed by atoms with Crippen molar-refractivity contribution in [2.24, 2.45) is 0 Å². The van der Waals surface area contributed by atoms with Crippen LogP contribution in [0.15, 0.2) is 34.9 Å². The van der Waals surface area contributed by atoms with Crippen LogP contribution in [0, 0.1) is 0 Å². The van der Waals surface area contributed by atoms with E-state index in [-0.39, 0.29) is 0 Å². The summed E-state index contributed by atoms with van der Waals surface area (Å²) in [7, 11) is 1.61. The summed E-state index contributed by atoms with van der Waals surface area (Å²) in [5.74, 6) is 0.551. The van der Waals surface area contributed by atoms with Crippen LogP contribution in [0.25, 0.3) is 0 Å². The number of aryl methyl sites for hydroxylation is 2. The first kappa shape index (κ1) is 11.7. The second-order valence-electron chi connectivity index (χ2n) is 3.94. The fourth-order valence-electron chi connectivity index (χ4n) is 1.94. The molecule has 1 heterocycles. The van der Waals surface area contributed by atoms with E-state index in [1.54, 1.807) is 7.11 Å². The molecule has 0 fully saturated rings. The van der Waals surface area contributed by atoms with Crippen molar-refractivity contribution >= 4 is 0 Å². The van der Waals surface area contributed by atoms with Gasteiger partial charge in [0.05, 0.1) is 18.4 Å². The largest absolute Gasteiger partial charge is 0.467 e. The lowest BCUT2D eigenvalue weighted by molar-refractivity contribution is 0.257. The lowest BCUT2D eigenvalue weighted by Gasteiger charge is -2.00. The minimum atomic E-state index is 0.551. The van der Waals surface area contributed by atoms with Crippen LogP contribution in [0.3, 0.4) is 0 Å². The molecule has 0 aliphatic rings. The minimum absolute atomic E-state index is 0.551. The van der Waals surface area contributed by atoms with Gasteiger partial charge in [-0.1, -0.05) is 42.4 Å². The number of benzene rings is 1. The molecule has 0 unspecified atom stereocenters. The number of aromatic nitrogens is 1. The Morgan fingerprint density at radius 2 is 1.94 bits per heavy atom. The summed E-state index contributed by atoms with van der Waals surface area (Å²) in [4.78, 5) is 0. The molecule has 3 heteroatoms. The molecule has 0 saturated carbocycles. The Morgan fingerprint density at radius 3 is 2.59 bits per heavy atom. The average molecular weight is 231 g/mol. The van der Waals surface area contributed by atoms with Crippen molar-refractivity contribution in [3.8, 4) is 5.95 Å². The van der Waals surface area contributed by atoms with E-state index in [0.717, 1.165) is 30.5 Å². The molecule has 2 rings (SSSR count). The highest BCUT2D eigenvalue weighted by Crippen LogP contribution is 2.23. The van der Waals surface area contributed by atoms with Crippen molar-refractivity contribution in [1.29, 1.82) is 0 Å². The first-order valence-corrected chi connectivity index (χ1v) is 5.90. The molecular formula is C14H17NO2. The van der Waals surface area contributed by atoms with Crippen LogP contribution in [0.1, 0.15) is 23.7 Å². The molecule has 3 nitrogen and oxygen atoms in total. The Kier molecular flexibility index (Phi) is 3.81. The van der Waals surface area contributed by atoms with Gasteiger partial charge in [0, 0.05) is 0 Å². The molecule has 0 aliphatic carbocycles. The van der Waals surface area contributed by atoms with Gasteiger partial charge in [0.1, 0.15) is 0 Å². The van der Waals surface area contributed by atoms with Gasteiger partial charge in [-0.2, -0.15) is 0 Å². The summed E-state index contributed by atoms with van der Waals surface area (Å²) in [5, 5.41) is 4.07. The first-order valence-electron chi connectivity index (χ1n) is 5.90. The molecule has 0 radical (unpaired) electrons. The molecule has 1 aromatic heterocycles. The van der Waals surface area contributed by atoms with E-state index in [2.05, 4.69) is 36.3 Å². The third kappa shape index (κ3) is 2.67. The Morgan fingerprint density at radius 1 is 1.18 bits per heavy atom. The molecule has 17 heavy (non-hydrogen) atoms. The highest BCUT2D eigenvalue weighted by Gasteiger charge is 2.14. The number of ether oxygens (including phenoxy) is 1. The molecule has 0 spiro atoms. The smallest absolute Gasteiger partial charge is 0.314 e. The fourth-order valence-corrected chi connectivity index (χ4v) is 1.94. The fraction of sp³-hybridized carbons (Fsp3) is 0.357. The molecule has 0 amide bonds. The molecule has 90 valence electrons. The van der Waals surface area contributed by atoms with Crippen molar-refractivity contribution in [2.75, 3.05) is 7.11 Å². The van der Waals surface area contributed by atoms with Crippen LogP contribution in [0.5, 0.6) is 5.95 Å². The van der Waals surface area contributed by atoms with Gasteiger partial charge < -0.3 is 9.26 Å². The number of hydrogen-bond donors (Lipinski definition) is 0. The van der Waals surface area contributed by atoms with Crippen LogP contribution in [0.4, 0.5) is 0 Å². The van der Waals surface area contributed by atoms with E-state index in [9.17, 15) is 0 Å². The van der Waals surface area contributed by atoms with Gasteiger partial charge in [-0.15, -0.1) is 0 Å².